The zero-order valence-corrected chi connectivity index (χ0v) is 14.8. The maximum Gasteiger partial charge on any atom is 0.224 e. The second-order valence-corrected chi connectivity index (χ2v) is 6.53. The first-order valence-electron chi connectivity index (χ1n) is 8.03. The highest BCUT2D eigenvalue weighted by Gasteiger charge is 2.28. The van der Waals surface area contributed by atoms with Gasteiger partial charge in [0.1, 0.15) is 11.9 Å². The Morgan fingerprint density at radius 2 is 2.29 bits per heavy atom. The standard InChI is InChI=1S/C17H24ClFN2O3/c1-21(2)7-9-24-16-11-23-8-6-15(16)20-17(22)10-12-13(18)4-3-5-14(12)19/h3-5,15-16H,6-11H2,1-2H3,(H,20,22)/t15-,16-/m1/s1. The monoisotopic (exact) mass is 358 g/mol. The fourth-order valence-corrected chi connectivity index (χ4v) is 2.78. The third-order valence-electron chi connectivity index (χ3n) is 3.92. The lowest BCUT2D eigenvalue weighted by molar-refractivity contribution is -0.125. The molecular weight excluding hydrogens is 335 g/mol. The lowest BCUT2D eigenvalue weighted by atomic mass is 10.0. The zero-order valence-electron chi connectivity index (χ0n) is 14.1. The summed E-state index contributed by atoms with van der Waals surface area (Å²) in [6.45, 7) is 2.37. The van der Waals surface area contributed by atoms with Gasteiger partial charge in [-0.2, -0.15) is 0 Å². The number of likely N-dealkylation sites (N-methyl/N-ethyl adjacent to an activating group) is 1. The van der Waals surface area contributed by atoms with Gasteiger partial charge in [-0.25, -0.2) is 4.39 Å². The van der Waals surface area contributed by atoms with Crippen LogP contribution in [-0.4, -0.2) is 63.4 Å². The van der Waals surface area contributed by atoms with Crippen LogP contribution in [0.1, 0.15) is 12.0 Å². The number of nitrogens with one attached hydrogen (secondary N) is 1. The first-order chi connectivity index (χ1) is 11.5. The van der Waals surface area contributed by atoms with Gasteiger partial charge in [0.2, 0.25) is 5.91 Å². The Hall–Kier alpha value is -1.21. The molecular formula is C17H24ClFN2O3. The molecule has 1 aromatic carbocycles. The summed E-state index contributed by atoms with van der Waals surface area (Å²) in [5.41, 5.74) is 0.216. The topological polar surface area (TPSA) is 50.8 Å². The second kappa shape index (κ2) is 9.32. The lowest BCUT2D eigenvalue weighted by Gasteiger charge is -2.32. The van der Waals surface area contributed by atoms with Crippen molar-refractivity contribution in [1.82, 2.24) is 10.2 Å². The van der Waals surface area contributed by atoms with Crippen molar-refractivity contribution >= 4 is 17.5 Å². The summed E-state index contributed by atoms with van der Waals surface area (Å²) in [5.74, 6) is -0.737. The molecule has 2 rings (SSSR count). The van der Waals surface area contributed by atoms with Crippen LogP contribution in [0.25, 0.3) is 0 Å². The number of carbonyl (C=O) groups is 1. The Labute approximate surface area is 147 Å². The zero-order chi connectivity index (χ0) is 17.5. The molecule has 1 saturated heterocycles. The smallest absolute Gasteiger partial charge is 0.224 e. The van der Waals surface area contributed by atoms with Crippen molar-refractivity contribution < 1.29 is 18.7 Å². The molecule has 1 aromatic rings. The van der Waals surface area contributed by atoms with Gasteiger partial charge in [0, 0.05) is 23.7 Å². The molecule has 1 aliphatic rings. The normalized spacial score (nSPS) is 21.0. The van der Waals surface area contributed by atoms with Crippen LogP contribution in [0.5, 0.6) is 0 Å². The van der Waals surface area contributed by atoms with E-state index in [-0.39, 0.29) is 35.1 Å². The molecule has 1 aliphatic heterocycles. The minimum Gasteiger partial charge on any atom is -0.379 e. The highest BCUT2D eigenvalue weighted by molar-refractivity contribution is 6.31. The highest BCUT2D eigenvalue weighted by Crippen LogP contribution is 2.20. The molecule has 1 fully saturated rings. The van der Waals surface area contributed by atoms with E-state index in [4.69, 9.17) is 21.1 Å². The second-order valence-electron chi connectivity index (χ2n) is 6.13. The van der Waals surface area contributed by atoms with Crippen LogP contribution in [0.3, 0.4) is 0 Å². The summed E-state index contributed by atoms with van der Waals surface area (Å²) in [4.78, 5) is 14.3. The van der Waals surface area contributed by atoms with Gasteiger partial charge in [0.05, 0.1) is 25.7 Å². The van der Waals surface area contributed by atoms with E-state index in [2.05, 4.69) is 5.32 Å². The van der Waals surface area contributed by atoms with Gasteiger partial charge in [0.15, 0.2) is 0 Å². The van der Waals surface area contributed by atoms with Crippen LogP contribution < -0.4 is 5.32 Å². The van der Waals surface area contributed by atoms with Gasteiger partial charge < -0.3 is 19.7 Å². The molecule has 2 atom stereocenters. The first kappa shape index (κ1) is 19.1. The number of nitrogens with zero attached hydrogens (tertiary/aromatic N) is 1. The van der Waals surface area contributed by atoms with Crippen molar-refractivity contribution in [2.24, 2.45) is 0 Å². The summed E-state index contributed by atoms with van der Waals surface area (Å²) in [6, 6.07) is 4.26. The number of rotatable bonds is 7. The van der Waals surface area contributed by atoms with Crippen molar-refractivity contribution in [3.05, 3.63) is 34.6 Å². The Balaban J connectivity index is 1.90. The third-order valence-corrected chi connectivity index (χ3v) is 4.27. The number of amides is 1. The van der Waals surface area contributed by atoms with E-state index in [9.17, 15) is 9.18 Å². The van der Waals surface area contributed by atoms with Gasteiger partial charge in [-0.1, -0.05) is 17.7 Å². The average molecular weight is 359 g/mol. The number of benzene rings is 1. The quantitative estimate of drug-likeness (QED) is 0.808. The van der Waals surface area contributed by atoms with Gasteiger partial charge in [0.25, 0.3) is 0 Å². The van der Waals surface area contributed by atoms with Crippen molar-refractivity contribution in [1.29, 1.82) is 0 Å². The molecule has 0 unspecified atom stereocenters. The van der Waals surface area contributed by atoms with Crippen molar-refractivity contribution in [2.75, 3.05) is 40.5 Å². The van der Waals surface area contributed by atoms with Crippen LogP contribution in [-0.2, 0) is 20.7 Å². The van der Waals surface area contributed by atoms with E-state index in [0.29, 0.717) is 26.2 Å². The summed E-state index contributed by atoms with van der Waals surface area (Å²) < 4.78 is 25.1. The van der Waals surface area contributed by atoms with Crippen molar-refractivity contribution in [3.8, 4) is 0 Å². The third kappa shape index (κ3) is 5.70. The van der Waals surface area contributed by atoms with E-state index in [1.54, 1.807) is 6.07 Å². The molecule has 1 amide bonds. The molecule has 24 heavy (non-hydrogen) atoms. The maximum absolute atomic E-state index is 13.8. The van der Waals surface area contributed by atoms with Crippen LogP contribution in [0, 0.1) is 5.82 Å². The SMILES string of the molecule is CN(C)CCO[C@@H]1COCC[C@H]1NC(=O)Cc1c(F)cccc1Cl. The maximum atomic E-state index is 13.8. The van der Waals surface area contributed by atoms with Gasteiger partial charge in [-0.3, -0.25) is 4.79 Å². The minimum absolute atomic E-state index is 0.0900. The highest BCUT2D eigenvalue weighted by atomic mass is 35.5. The fourth-order valence-electron chi connectivity index (χ4n) is 2.55. The molecule has 7 heteroatoms. The van der Waals surface area contributed by atoms with E-state index in [0.717, 1.165) is 6.54 Å². The fraction of sp³-hybridized carbons (Fsp3) is 0.588. The molecule has 1 N–H and O–H groups in total. The largest absolute Gasteiger partial charge is 0.379 e. The Kier molecular flexibility index (Phi) is 7.42. The summed E-state index contributed by atoms with van der Waals surface area (Å²) in [5, 5.41) is 3.19. The predicted molar refractivity (Wildman–Crippen MR) is 90.8 cm³/mol. The molecule has 0 aliphatic carbocycles. The Bertz CT molecular complexity index is 536. The van der Waals surface area contributed by atoms with E-state index in [1.165, 1.54) is 12.1 Å². The van der Waals surface area contributed by atoms with Crippen molar-refractivity contribution in [2.45, 2.75) is 25.0 Å². The molecule has 0 bridgehead atoms. The van der Waals surface area contributed by atoms with Gasteiger partial charge >= 0.3 is 0 Å². The van der Waals surface area contributed by atoms with Crippen LogP contribution in [0.4, 0.5) is 4.39 Å². The van der Waals surface area contributed by atoms with E-state index < -0.39 is 5.82 Å². The van der Waals surface area contributed by atoms with E-state index in [1.807, 2.05) is 19.0 Å². The molecule has 0 saturated carbocycles. The number of hydrogen-bond acceptors (Lipinski definition) is 4. The Morgan fingerprint density at radius 3 is 3.00 bits per heavy atom. The summed E-state index contributed by atoms with van der Waals surface area (Å²) in [7, 11) is 3.94. The number of halogens is 2. The molecule has 1 heterocycles. The van der Waals surface area contributed by atoms with Gasteiger partial charge in [-0.05, 0) is 32.6 Å². The molecule has 5 nitrogen and oxygen atoms in total. The first-order valence-corrected chi connectivity index (χ1v) is 8.41. The minimum atomic E-state index is -0.469. The Morgan fingerprint density at radius 1 is 1.50 bits per heavy atom. The summed E-state index contributed by atoms with van der Waals surface area (Å²) in [6.07, 6.45) is 0.384. The predicted octanol–water partition coefficient (Wildman–Crippen LogP) is 1.87. The molecule has 0 spiro atoms. The van der Waals surface area contributed by atoms with Crippen molar-refractivity contribution in [3.63, 3.8) is 0 Å². The lowest BCUT2D eigenvalue weighted by Crippen LogP contribution is -2.50. The van der Waals surface area contributed by atoms with Gasteiger partial charge in [-0.15, -0.1) is 0 Å². The van der Waals surface area contributed by atoms with Crippen LogP contribution >= 0.6 is 11.6 Å². The summed E-state index contributed by atoms with van der Waals surface area (Å²) >= 11 is 5.97. The molecule has 134 valence electrons. The van der Waals surface area contributed by atoms with Crippen LogP contribution in [0.15, 0.2) is 18.2 Å². The number of hydrogen-bond donors (Lipinski definition) is 1. The van der Waals surface area contributed by atoms with E-state index >= 15 is 0 Å². The number of ether oxygens (including phenoxy) is 2. The number of carbonyl (C=O) groups excluding carboxylic acids is 1. The molecule has 0 aromatic heterocycles. The average Bonchev–Trinajstić information content (AvgIpc) is 2.52. The molecule has 0 radical (unpaired) electrons. The van der Waals surface area contributed by atoms with Crippen LogP contribution in [0.2, 0.25) is 5.02 Å².